The van der Waals surface area contributed by atoms with Crippen LogP contribution in [-0.4, -0.2) is 22.6 Å². The summed E-state index contributed by atoms with van der Waals surface area (Å²) in [5.74, 6) is -3.30. The molecule has 0 bridgehead atoms. The number of halogens is 2. The van der Waals surface area contributed by atoms with Gasteiger partial charge in [0.05, 0.1) is 19.0 Å². The van der Waals surface area contributed by atoms with Gasteiger partial charge in [-0.25, -0.2) is 18.6 Å². The third kappa shape index (κ3) is 1.34. The predicted molar refractivity (Wildman–Crippen MR) is 52.0 cm³/mol. The Morgan fingerprint density at radius 3 is 2.75 bits per heavy atom. The highest BCUT2D eigenvalue weighted by atomic mass is 19.2. The molecule has 0 saturated heterocycles. The molecule has 0 aliphatic heterocycles. The summed E-state index contributed by atoms with van der Waals surface area (Å²) in [6.07, 6.45) is 1.34. The standard InChI is InChI=1S/C10H8F2N2O2/c1-14-4-13-9-6(14)3-5(10(15)16-2)7(11)8(9)12/h3-4H,1-2H3. The quantitative estimate of drug-likeness (QED) is 0.694. The smallest absolute Gasteiger partial charge is 0.341 e. The molecule has 0 unspecified atom stereocenters. The Hall–Kier alpha value is -1.98. The number of imidazole rings is 1. The zero-order valence-corrected chi connectivity index (χ0v) is 8.62. The van der Waals surface area contributed by atoms with Gasteiger partial charge in [0.25, 0.3) is 0 Å². The molecule has 0 radical (unpaired) electrons. The Kier molecular flexibility index (Phi) is 2.34. The second-order valence-corrected chi connectivity index (χ2v) is 3.27. The minimum Gasteiger partial charge on any atom is -0.465 e. The third-order valence-corrected chi connectivity index (χ3v) is 2.31. The Labute approximate surface area is 89.5 Å². The average Bonchev–Trinajstić information content (AvgIpc) is 2.64. The molecule has 1 aromatic carbocycles. The van der Waals surface area contributed by atoms with Crippen LogP contribution in [0, 0.1) is 11.6 Å². The van der Waals surface area contributed by atoms with Crippen LogP contribution < -0.4 is 0 Å². The topological polar surface area (TPSA) is 44.1 Å². The number of carbonyl (C=O) groups excluding carboxylic acids is 1. The third-order valence-electron chi connectivity index (χ3n) is 2.31. The molecule has 0 spiro atoms. The number of fused-ring (bicyclic) bond motifs is 1. The van der Waals surface area contributed by atoms with E-state index in [4.69, 9.17) is 0 Å². The lowest BCUT2D eigenvalue weighted by Crippen LogP contribution is -2.07. The normalized spacial score (nSPS) is 10.8. The molecular formula is C10H8F2N2O2. The Morgan fingerprint density at radius 1 is 1.44 bits per heavy atom. The predicted octanol–water partition coefficient (Wildman–Crippen LogP) is 1.64. The van der Waals surface area contributed by atoms with Crippen molar-refractivity contribution >= 4 is 17.0 Å². The van der Waals surface area contributed by atoms with Crippen LogP contribution in [0.2, 0.25) is 0 Å². The van der Waals surface area contributed by atoms with Crippen molar-refractivity contribution in [2.24, 2.45) is 7.05 Å². The molecule has 2 rings (SSSR count). The van der Waals surface area contributed by atoms with Gasteiger partial charge in [0.15, 0.2) is 11.6 Å². The van der Waals surface area contributed by atoms with E-state index in [1.165, 1.54) is 17.0 Å². The number of rotatable bonds is 1. The highest BCUT2D eigenvalue weighted by Crippen LogP contribution is 2.22. The molecule has 1 heterocycles. The van der Waals surface area contributed by atoms with Gasteiger partial charge in [-0.2, -0.15) is 0 Å². The average molecular weight is 226 g/mol. The summed E-state index contributed by atoms with van der Waals surface area (Å²) in [7, 11) is 2.72. The summed E-state index contributed by atoms with van der Waals surface area (Å²) in [4.78, 5) is 14.9. The van der Waals surface area contributed by atoms with Crippen LogP contribution in [0.25, 0.3) is 11.0 Å². The van der Waals surface area contributed by atoms with Gasteiger partial charge in [0.2, 0.25) is 0 Å². The van der Waals surface area contributed by atoms with Crippen LogP contribution in [0.15, 0.2) is 12.4 Å². The summed E-state index contributed by atoms with van der Waals surface area (Å²) < 4.78 is 32.8. The second-order valence-electron chi connectivity index (χ2n) is 3.27. The van der Waals surface area contributed by atoms with Gasteiger partial charge in [-0.1, -0.05) is 0 Å². The van der Waals surface area contributed by atoms with Crippen molar-refractivity contribution < 1.29 is 18.3 Å². The molecule has 0 N–H and O–H groups in total. The second kappa shape index (κ2) is 3.55. The molecule has 0 aliphatic carbocycles. The summed E-state index contributed by atoms with van der Waals surface area (Å²) in [5.41, 5.74) is -0.206. The largest absolute Gasteiger partial charge is 0.465 e. The van der Waals surface area contributed by atoms with Gasteiger partial charge in [-0.3, -0.25) is 0 Å². The van der Waals surface area contributed by atoms with Crippen LogP contribution in [0.5, 0.6) is 0 Å². The number of esters is 1. The van der Waals surface area contributed by atoms with Gasteiger partial charge in [-0.15, -0.1) is 0 Å². The minimum atomic E-state index is -1.24. The van der Waals surface area contributed by atoms with Crippen molar-refractivity contribution in [2.75, 3.05) is 7.11 Å². The molecule has 2 aromatic rings. The zero-order chi connectivity index (χ0) is 11.9. The highest BCUT2D eigenvalue weighted by molar-refractivity contribution is 5.94. The van der Waals surface area contributed by atoms with E-state index >= 15 is 0 Å². The summed E-state index contributed by atoms with van der Waals surface area (Å²) >= 11 is 0. The first-order valence-corrected chi connectivity index (χ1v) is 4.43. The number of methoxy groups -OCH3 is 1. The zero-order valence-electron chi connectivity index (χ0n) is 8.62. The lowest BCUT2D eigenvalue weighted by atomic mass is 10.1. The number of ether oxygens (including phenoxy) is 1. The summed E-state index contributed by atoms with van der Waals surface area (Å²) in [5, 5.41) is 0. The maximum Gasteiger partial charge on any atom is 0.341 e. The van der Waals surface area contributed by atoms with Gasteiger partial charge in [0.1, 0.15) is 11.1 Å². The first kappa shape index (κ1) is 10.5. The minimum absolute atomic E-state index is 0.104. The van der Waals surface area contributed by atoms with Crippen LogP contribution in [0.3, 0.4) is 0 Å². The van der Waals surface area contributed by atoms with E-state index in [-0.39, 0.29) is 5.52 Å². The van der Waals surface area contributed by atoms with E-state index in [0.29, 0.717) is 5.52 Å². The number of hydrogen-bond donors (Lipinski definition) is 0. The van der Waals surface area contributed by atoms with E-state index in [2.05, 4.69) is 9.72 Å². The molecule has 4 nitrogen and oxygen atoms in total. The van der Waals surface area contributed by atoms with E-state index in [0.717, 1.165) is 7.11 Å². The molecule has 0 amide bonds. The number of carbonyl (C=O) groups is 1. The Morgan fingerprint density at radius 2 is 2.12 bits per heavy atom. The van der Waals surface area contributed by atoms with Gasteiger partial charge >= 0.3 is 5.97 Å². The number of aryl methyl sites for hydroxylation is 1. The highest BCUT2D eigenvalue weighted by Gasteiger charge is 2.21. The molecule has 0 atom stereocenters. The fraction of sp³-hybridized carbons (Fsp3) is 0.200. The van der Waals surface area contributed by atoms with E-state index in [1.807, 2.05) is 0 Å². The van der Waals surface area contributed by atoms with Gasteiger partial charge < -0.3 is 9.30 Å². The van der Waals surface area contributed by atoms with Crippen LogP contribution in [0.1, 0.15) is 10.4 Å². The van der Waals surface area contributed by atoms with Crippen molar-refractivity contribution in [3.63, 3.8) is 0 Å². The van der Waals surface area contributed by atoms with Crippen molar-refractivity contribution in [3.05, 3.63) is 29.6 Å². The Balaban J connectivity index is 2.81. The molecule has 84 valence electrons. The number of aromatic nitrogens is 2. The van der Waals surface area contributed by atoms with Crippen LogP contribution >= 0.6 is 0 Å². The summed E-state index contributed by atoms with van der Waals surface area (Å²) in [6, 6.07) is 1.21. The molecule has 0 fully saturated rings. The van der Waals surface area contributed by atoms with Crippen molar-refractivity contribution in [3.8, 4) is 0 Å². The SMILES string of the molecule is COC(=O)c1cc2c(ncn2C)c(F)c1F. The molecule has 1 aromatic heterocycles. The first-order valence-electron chi connectivity index (χ1n) is 4.43. The van der Waals surface area contributed by atoms with Crippen molar-refractivity contribution in [1.29, 1.82) is 0 Å². The fourth-order valence-corrected chi connectivity index (χ4v) is 1.46. The van der Waals surface area contributed by atoms with Crippen molar-refractivity contribution in [2.45, 2.75) is 0 Å². The maximum atomic E-state index is 13.5. The molecule has 6 heteroatoms. The van der Waals surface area contributed by atoms with Crippen LogP contribution in [0.4, 0.5) is 8.78 Å². The molecule has 16 heavy (non-hydrogen) atoms. The number of benzene rings is 1. The number of nitrogens with zero attached hydrogens (tertiary/aromatic N) is 2. The fourth-order valence-electron chi connectivity index (χ4n) is 1.46. The van der Waals surface area contributed by atoms with E-state index in [9.17, 15) is 13.6 Å². The molecule has 0 saturated carbocycles. The molecule has 0 aliphatic rings. The van der Waals surface area contributed by atoms with Crippen LogP contribution in [-0.2, 0) is 11.8 Å². The maximum absolute atomic E-state index is 13.5. The summed E-state index contributed by atoms with van der Waals surface area (Å²) in [6.45, 7) is 0. The first-order chi connectivity index (χ1) is 7.56. The lowest BCUT2D eigenvalue weighted by Gasteiger charge is -2.03. The molecular weight excluding hydrogens is 218 g/mol. The van der Waals surface area contributed by atoms with Gasteiger partial charge in [0, 0.05) is 7.05 Å². The van der Waals surface area contributed by atoms with E-state index < -0.39 is 23.2 Å². The lowest BCUT2D eigenvalue weighted by molar-refractivity contribution is 0.0594. The van der Waals surface area contributed by atoms with Gasteiger partial charge in [-0.05, 0) is 6.07 Å². The van der Waals surface area contributed by atoms with Crippen molar-refractivity contribution in [1.82, 2.24) is 9.55 Å². The monoisotopic (exact) mass is 226 g/mol. The van der Waals surface area contributed by atoms with E-state index in [1.54, 1.807) is 7.05 Å². The Bertz CT molecular complexity index is 578. The number of hydrogen-bond acceptors (Lipinski definition) is 3.